The van der Waals surface area contributed by atoms with E-state index in [2.05, 4.69) is 16.0 Å². The summed E-state index contributed by atoms with van der Waals surface area (Å²) in [6, 6.07) is 5.83. The van der Waals surface area contributed by atoms with E-state index >= 15 is 0 Å². The maximum atomic E-state index is 12.2. The molecule has 2 amide bonds. The predicted molar refractivity (Wildman–Crippen MR) is 85.6 cm³/mol. The van der Waals surface area contributed by atoms with Crippen LogP contribution in [0.25, 0.3) is 0 Å². The Hall–Kier alpha value is -2.04. The Morgan fingerprint density at radius 1 is 1.24 bits per heavy atom. The average Bonchev–Trinajstić information content (AvgIpc) is 2.40. The van der Waals surface area contributed by atoms with Crippen LogP contribution in [-0.2, 0) is 4.79 Å². The van der Waals surface area contributed by atoms with Crippen LogP contribution in [0, 0.1) is 6.92 Å². The van der Waals surface area contributed by atoms with Gasteiger partial charge in [-0.05, 0) is 39.8 Å². The summed E-state index contributed by atoms with van der Waals surface area (Å²) in [5.74, 6) is -0.214. The van der Waals surface area contributed by atoms with Crippen LogP contribution >= 0.6 is 0 Å². The molecule has 1 rings (SSSR count). The largest absolute Gasteiger partial charge is 0.385 e. The summed E-state index contributed by atoms with van der Waals surface area (Å²) in [5.41, 5.74) is 2.45. The van der Waals surface area contributed by atoms with E-state index in [1.54, 1.807) is 0 Å². The first kappa shape index (κ1) is 17.0. The molecule has 116 valence electrons. The second kappa shape index (κ2) is 8.29. The predicted octanol–water partition coefficient (Wildman–Crippen LogP) is 2.07. The van der Waals surface area contributed by atoms with Gasteiger partial charge in [0.1, 0.15) is 0 Å². The van der Waals surface area contributed by atoms with Gasteiger partial charge in [-0.1, -0.05) is 11.6 Å². The second-order valence-electron chi connectivity index (χ2n) is 5.31. The topological polar surface area (TPSA) is 70.2 Å². The standard InChI is InChI=1S/C16H25N3O2/c1-5-17-14-7-6-12(4)10-13(14)16(21)18-9-8-15(20)19-11(2)3/h6-7,10-11,17H,5,8-9H2,1-4H3,(H,18,21)(H,19,20). The minimum atomic E-state index is -0.160. The number of hydrogen-bond acceptors (Lipinski definition) is 3. The summed E-state index contributed by atoms with van der Waals surface area (Å²) in [6.07, 6.45) is 0.284. The van der Waals surface area contributed by atoms with Crippen LogP contribution < -0.4 is 16.0 Å². The van der Waals surface area contributed by atoms with Crippen molar-refractivity contribution < 1.29 is 9.59 Å². The van der Waals surface area contributed by atoms with Gasteiger partial charge >= 0.3 is 0 Å². The highest BCUT2D eigenvalue weighted by Gasteiger charge is 2.11. The van der Waals surface area contributed by atoms with Gasteiger partial charge in [0.15, 0.2) is 0 Å². The van der Waals surface area contributed by atoms with Gasteiger partial charge in [0.05, 0.1) is 5.56 Å². The number of carbonyl (C=O) groups is 2. The molecule has 0 fully saturated rings. The van der Waals surface area contributed by atoms with E-state index in [0.29, 0.717) is 12.1 Å². The fourth-order valence-corrected chi connectivity index (χ4v) is 1.97. The van der Waals surface area contributed by atoms with Crippen molar-refractivity contribution >= 4 is 17.5 Å². The Bertz CT molecular complexity index is 498. The van der Waals surface area contributed by atoms with Crippen molar-refractivity contribution in [2.75, 3.05) is 18.4 Å². The van der Waals surface area contributed by atoms with Crippen LogP contribution in [0.4, 0.5) is 5.69 Å². The minimum Gasteiger partial charge on any atom is -0.385 e. The summed E-state index contributed by atoms with van der Waals surface area (Å²) in [5, 5.41) is 8.75. The third kappa shape index (κ3) is 5.85. The SMILES string of the molecule is CCNc1ccc(C)cc1C(=O)NCCC(=O)NC(C)C. The molecule has 5 nitrogen and oxygen atoms in total. The van der Waals surface area contributed by atoms with Crippen LogP contribution in [0.3, 0.4) is 0 Å². The molecule has 0 aliphatic carbocycles. The molecule has 0 heterocycles. The first-order valence-corrected chi connectivity index (χ1v) is 7.36. The first-order valence-electron chi connectivity index (χ1n) is 7.36. The lowest BCUT2D eigenvalue weighted by Crippen LogP contribution is -2.34. The first-order chi connectivity index (χ1) is 9.93. The third-order valence-corrected chi connectivity index (χ3v) is 2.87. The van der Waals surface area contributed by atoms with Gasteiger partial charge in [-0.15, -0.1) is 0 Å². The van der Waals surface area contributed by atoms with Gasteiger partial charge in [0, 0.05) is 31.2 Å². The maximum absolute atomic E-state index is 12.2. The van der Waals surface area contributed by atoms with Crippen molar-refractivity contribution in [3.8, 4) is 0 Å². The second-order valence-corrected chi connectivity index (χ2v) is 5.31. The lowest BCUT2D eigenvalue weighted by Gasteiger charge is -2.12. The number of rotatable bonds is 7. The van der Waals surface area contributed by atoms with Crippen molar-refractivity contribution in [2.24, 2.45) is 0 Å². The molecule has 0 bridgehead atoms. The molecule has 0 aliphatic heterocycles. The Kier molecular flexibility index (Phi) is 6.72. The summed E-state index contributed by atoms with van der Waals surface area (Å²) >= 11 is 0. The molecule has 5 heteroatoms. The zero-order valence-corrected chi connectivity index (χ0v) is 13.2. The molecular formula is C16H25N3O2. The number of hydrogen-bond donors (Lipinski definition) is 3. The van der Waals surface area contributed by atoms with E-state index in [1.165, 1.54) is 0 Å². The summed E-state index contributed by atoms with van der Waals surface area (Å²) in [4.78, 5) is 23.7. The fourth-order valence-electron chi connectivity index (χ4n) is 1.97. The molecule has 0 radical (unpaired) electrons. The Balaban J connectivity index is 2.59. The molecule has 0 aliphatic rings. The van der Waals surface area contributed by atoms with Gasteiger partial charge < -0.3 is 16.0 Å². The van der Waals surface area contributed by atoms with Crippen LogP contribution in [0.5, 0.6) is 0 Å². The number of anilines is 1. The normalized spacial score (nSPS) is 10.3. The fraction of sp³-hybridized carbons (Fsp3) is 0.500. The van der Waals surface area contributed by atoms with E-state index in [-0.39, 0.29) is 24.3 Å². The summed E-state index contributed by atoms with van der Waals surface area (Å²) < 4.78 is 0. The molecule has 0 aromatic heterocycles. The summed E-state index contributed by atoms with van der Waals surface area (Å²) in [6.45, 7) is 8.83. The molecule has 1 aromatic carbocycles. The number of amides is 2. The van der Waals surface area contributed by atoms with Gasteiger partial charge in [-0.2, -0.15) is 0 Å². The van der Waals surface area contributed by atoms with E-state index in [1.807, 2.05) is 45.9 Å². The molecule has 21 heavy (non-hydrogen) atoms. The highest BCUT2D eigenvalue weighted by molar-refractivity contribution is 6.00. The van der Waals surface area contributed by atoms with Crippen molar-refractivity contribution in [1.29, 1.82) is 0 Å². The molecule has 0 atom stereocenters. The van der Waals surface area contributed by atoms with Crippen molar-refractivity contribution in [2.45, 2.75) is 40.2 Å². The van der Waals surface area contributed by atoms with Crippen LogP contribution in [0.1, 0.15) is 43.1 Å². The lowest BCUT2D eigenvalue weighted by molar-refractivity contribution is -0.121. The van der Waals surface area contributed by atoms with Gasteiger partial charge in [-0.3, -0.25) is 9.59 Å². The maximum Gasteiger partial charge on any atom is 0.253 e. The smallest absolute Gasteiger partial charge is 0.253 e. The molecule has 3 N–H and O–H groups in total. The van der Waals surface area contributed by atoms with E-state index in [4.69, 9.17) is 0 Å². The molecular weight excluding hydrogens is 266 g/mol. The molecule has 0 saturated carbocycles. The molecule has 1 aromatic rings. The quantitative estimate of drug-likeness (QED) is 0.720. The number of carbonyl (C=O) groups excluding carboxylic acids is 2. The molecule has 0 spiro atoms. The highest BCUT2D eigenvalue weighted by atomic mass is 16.2. The highest BCUT2D eigenvalue weighted by Crippen LogP contribution is 2.17. The molecule has 0 saturated heterocycles. The minimum absolute atomic E-state index is 0.0542. The zero-order chi connectivity index (χ0) is 15.8. The Morgan fingerprint density at radius 3 is 2.57 bits per heavy atom. The van der Waals surface area contributed by atoms with Crippen LogP contribution in [0.2, 0.25) is 0 Å². The summed E-state index contributed by atoms with van der Waals surface area (Å²) in [7, 11) is 0. The monoisotopic (exact) mass is 291 g/mol. The van der Waals surface area contributed by atoms with Crippen molar-refractivity contribution in [1.82, 2.24) is 10.6 Å². The van der Waals surface area contributed by atoms with E-state index in [9.17, 15) is 9.59 Å². The zero-order valence-electron chi connectivity index (χ0n) is 13.2. The number of aryl methyl sites for hydroxylation is 1. The van der Waals surface area contributed by atoms with E-state index < -0.39 is 0 Å². The lowest BCUT2D eigenvalue weighted by atomic mass is 10.1. The third-order valence-electron chi connectivity index (χ3n) is 2.87. The van der Waals surface area contributed by atoms with Crippen LogP contribution in [-0.4, -0.2) is 30.9 Å². The Labute approximate surface area is 126 Å². The number of benzene rings is 1. The average molecular weight is 291 g/mol. The van der Waals surface area contributed by atoms with Crippen molar-refractivity contribution in [3.05, 3.63) is 29.3 Å². The van der Waals surface area contributed by atoms with Gasteiger partial charge in [-0.25, -0.2) is 0 Å². The van der Waals surface area contributed by atoms with Gasteiger partial charge in [0.25, 0.3) is 5.91 Å². The molecule has 0 unspecified atom stereocenters. The number of nitrogens with one attached hydrogen (secondary N) is 3. The van der Waals surface area contributed by atoms with Gasteiger partial charge in [0.2, 0.25) is 5.91 Å². The Morgan fingerprint density at radius 2 is 1.95 bits per heavy atom. The van der Waals surface area contributed by atoms with Crippen molar-refractivity contribution in [3.63, 3.8) is 0 Å². The van der Waals surface area contributed by atoms with Crippen LogP contribution in [0.15, 0.2) is 18.2 Å². The van der Waals surface area contributed by atoms with E-state index in [0.717, 1.165) is 17.8 Å².